The molecule has 7 nitrogen and oxygen atoms in total. The molecule has 0 aromatic carbocycles. The molecule has 1 fully saturated rings. The minimum absolute atomic E-state index is 0.0325. The van der Waals surface area contributed by atoms with E-state index in [0.717, 1.165) is 11.1 Å². The molecule has 2 aliphatic carbocycles. The SMILES string of the molecule is CCC(C)C(=O)O[C@H]1CC(C)=CC2=CC(=O)[C@@H](C)[C@@H](CC[C@@H]3C[C@@H](O)C(=O)C(=O)O3)[C@H]21. The maximum Gasteiger partial charge on any atom is 0.377 e. The number of allylic oxidation sites excluding steroid dienone is 2. The summed E-state index contributed by atoms with van der Waals surface area (Å²) in [6.07, 6.45) is 3.79. The Kier molecular flexibility index (Phi) is 7.14. The van der Waals surface area contributed by atoms with Gasteiger partial charge >= 0.3 is 11.9 Å². The van der Waals surface area contributed by atoms with Crippen molar-refractivity contribution < 1.29 is 33.8 Å². The lowest BCUT2D eigenvalue weighted by Gasteiger charge is -2.42. The standard InChI is InChI=1S/C24H32O7/c1-5-13(3)23(28)31-20-9-12(2)8-15-10-18(25)14(4)17(21(15)20)7-6-16-11-19(26)22(27)24(29)30-16/h8,10,13-14,16-17,19-21,26H,5-7,9,11H2,1-4H3/t13?,14-,16+,17+,19+,20-,21-/m0/s1. The summed E-state index contributed by atoms with van der Waals surface area (Å²) >= 11 is 0. The van der Waals surface area contributed by atoms with Crippen molar-refractivity contribution >= 4 is 23.5 Å². The fourth-order valence-corrected chi connectivity index (χ4v) is 4.86. The number of Topliss-reactive ketones (excluding diaryl/α,β-unsaturated/α-hetero) is 1. The van der Waals surface area contributed by atoms with E-state index in [1.54, 1.807) is 6.08 Å². The summed E-state index contributed by atoms with van der Waals surface area (Å²) in [6.45, 7) is 7.64. The van der Waals surface area contributed by atoms with Crippen LogP contribution in [0.25, 0.3) is 0 Å². The summed E-state index contributed by atoms with van der Waals surface area (Å²) in [5.41, 5.74) is 1.95. The molecule has 0 saturated carbocycles. The van der Waals surface area contributed by atoms with Gasteiger partial charge in [0.25, 0.3) is 5.78 Å². The zero-order chi connectivity index (χ0) is 22.9. The summed E-state index contributed by atoms with van der Waals surface area (Å²) in [7, 11) is 0. The van der Waals surface area contributed by atoms with Gasteiger partial charge in [-0.05, 0) is 43.8 Å². The van der Waals surface area contributed by atoms with Crippen LogP contribution in [0.15, 0.2) is 23.3 Å². The number of rotatable bonds is 6. The van der Waals surface area contributed by atoms with E-state index in [1.807, 2.05) is 33.8 Å². The molecule has 0 aromatic rings. The number of hydrogen-bond donors (Lipinski definition) is 1. The third-order valence-electron chi connectivity index (χ3n) is 6.95. The Bertz CT molecular complexity index is 824. The summed E-state index contributed by atoms with van der Waals surface area (Å²) in [5.74, 6) is -2.79. The molecular weight excluding hydrogens is 400 g/mol. The molecule has 1 unspecified atom stereocenters. The van der Waals surface area contributed by atoms with E-state index in [1.165, 1.54) is 0 Å². The van der Waals surface area contributed by atoms with Gasteiger partial charge in [0.05, 0.1) is 5.92 Å². The van der Waals surface area contributed by atoms with E-state index in [9.17, 15) is 24.3 Å². The van der Waals surface area contributed by atoms with Crippen molar-refractivity contribution in [3.63, 3.8) is 0 Å². The number of carbonyl (C=O) groups excluding carboxylic acids is 4. The molecule has 7 heteroatoms. The van der Waals surface area contributed by atoms with Gasteiger partial charge in [-0.15, -0.1) is 0 Å². The topological polar surface area (TPSA) is 107 Å². The minimum atomic E-state index is -1.34. The highest BCUT2D eigenvalue weighted by atomic mass is 16.6. The van der Waals surface area contributed by atoms with Crippen molar-refractivity contribution in [2.75, 3.05) is 0 Å². The normalized spacial score (nSPS) is 34.3. The molecule has 3 rings (SSSR count). The largest absolute Gasteiger partial charge is 0.461 e. The molecule has 0 aromatic heterocycles. The van der Waals surface area contributed by atoms with Crippen LogP contribution in [0.2, 0.25) is 0 Å². The minimum Gasteiger partial charge on any atom is -0.461 e. The van der Waals surface area contributed by atoms with Gasteiger partial charge in [0, 0.05) is 24.7 Å². The van der Waals surface area contributed by atoms with E-state index in [2.05, 4.69) is 0 Å². The molecule has 170 valence electrons. The van der Waals surface area contributed by atoms with Crippen LogP contribution in [0.1, 0.15) is 59.8 Å². The highest BCUT2D eigenvalue weighted by Gasteiger charge is 2.45. The van der Waals surface area contributed by atoms with Gasteiger partial charge in [-0.2, -0.15) is 0 Å². The maximum absolute atomic E-state index is 12.7. The number of fused-ring (bicyclic) bond motifs is 1. The second-order valence-corrected chi connectivity index (χ2v) is 9.22. The third-order valence-corrected chi connectivity index (χ3v) is 6.95. The first kappa shape index (κ1) is 23.4. The first-order chi connectivity index (χ1) is 14.6. The second kappa shape index (κ2) is 9.47. The molecule has 1 N–H and O–H groups in total. The van der Waals surface area contributed by atoms with Crippen LogP contribution < -0.4 is 0 Å². The molecule has 0 amide bonds. The van der Waals surface area contributed by atoms with Gasteiger partial charge in [0.15, 0.2) is 5.78 Å². The van der Waals surface area contributed by atoms with Crippen molar-refractivity contribution in [1.82, 2.24) is 0 Å². The molecule has 0 spiro atoms. The Morgan fingerprint density at radius 3 is 2.61 bits per heavy atom. The number of aliphatic hydroxyl groups is 1. The smallest absolute Gasteiger partial charge is 0.377 e. The summed E-state index contributed by atoms with van der Waals surface area (Å²) in [4.78, 5) is 48.3. The molecule has 31 heavy (non-hydrogen) atoms. The third kappa shape index (κ3) is 4.97. The lowest BCUT2D eigenvalue weighted by atomic mass is 9.64. The number of hydrogen-bond acceptors (Lipinski definition) is 7. The fourth-order valence-electron chi connectivity index (χ4n) is 4.86. The molecule has 1 saturated heterocycles. The number of ether oxygens (including phenoxy) is 2. The first-order valence-corrected chi connectivity index (χ1v) is 11.2. The van der Waals surface area contributed by atoms with Crippen LogP contribution in [-0.4, -0.2) is 46.9 Å². The Balaban J connectivity index is 1.80. The van der Waals surface area contributed by atoms with Crippen LogP contribution in [0, 0.1) is 23.7 Å². The van der Waals surface area contributed by atoms with Crippen LogP contribution in [-0.2, 0) is 28.7 Å². The van der Waals surface area contributed by atoms with Gasteiger partial charge in [0.1, 0.15) is 18.3 Å². The van der Waals surface area contributed by atoms with E-state index in [0.29, 0.717) is 25.7 Å². The van der Waals surface area contributed by atoms with Crippen molar-refractivity contribution in [2.24, 2.45) is 23.7 Å². The quantitative estimate of drug-likeness (QED) is 0.508. The van der Waals surface area contributed by atoms with Crippen LogP contribution in [0.3, 0.4) is 0 Å². The number of esters is 2. The Labute approximate surface area is 182 Å². The van der Waals surface area contributed by atoms with E-state index < -0.39 is 24.0 Å². The van der Waals surface area contributed by atoms with Gasteiger partial charge < -0.3 is 14.6 Å². The summed E-state index contributed by atoms with van der Waals surface area (Å²) < 4.78 is 11.1. The van der Waals surface area contributed by atoms with Crippen molar-refractivity contribution in [2.45, 2.75) is 78.1 Å². The molecule has 0 radical (unpaired) electrons. The fraction of sp³-hybridized carbons (Fsp3) is 0.667. The molecule has 1 heterocycles. The second-order valence-electron chi connectivity index (χ2n) is 9.22. The van der Waals surface area contributed by atoms with Crippen LogP contribution in [0.5, 0.6) is 0 Å². The van der Waals surface area contributed by atoms with Crippen LogP contribution in [0.4, 0.5) is 0 Å². The predicted molar refractivity (Wildman–Crippen MR) is 112 cm³/mol. The summed E-state index contributed by atoms with van der Waals surface area (Å²) in [6, 6.07) is 0. The Morgan fingerprint density at radius 1 is 1.26 bits per heavy atom. The number of ketones is 2. The predicted octanol–water partition coefficient (Wildman–Crippen LogP) is 2.70. The zero-order valence-electron chi connectivity index (χ0n) is 18.6. The zero-order valence-corrected chi connectivity index (χ0v) is 18.6. The maximum atomic E-state index is 12.7. The van der Waals surface area contributed by atoms with E-state index >= 15 is 0 Å². The number of cyclic esters (lactones) is 1. The van der Waals surface area contributed by atoms with Crippen LogP contribution >= 0.6 is 0 Å². The summed E-state index contributed by atoms with van der Waals surface area (Å²) in [5, 5.41) is 9.80. The lowest BCUT2D eigenvalue weighted by molar-refractivity contribution is -0.170. The average molecular weight is 433 g/mol. The Hall–Kier alpha value is -2.28. The van der Waals surface area contributed by atoms with Crippen molar-refractivity contribution in [3.05, 3.63) is 23.3 Å². The molecule has 3 aliphatic rings. The van der Waals surface area contributed by atoms with Crippen molar-refractivity contribution in [3.8, 4) is 0 Å². The highest BCUT2D eigenvalue weighted by molar-refractivity contribution is 6.35. The van der Waals surface area contributed by atoms with Crippen molar-refractivity contribution in [1.29, 1.82) is 0 Å². The average Bonchev–Trinajstić information content (AvgIpc) is 2.71. The molecule has 0 bridgehead atoms. The molecular formula is C24H32O7. The first-order valence-electron chi connectivity index (χ1n) is 11.2. The van der Waals surface area contributed by atoms with Gasteiger partial charge in [-0.25, -0.2) is 4.79 Å². The van der Waals surface area contributed by atoms with Gasteiger partial charge in [0.2, 0.25) is 0 Å². The van der Waals surface area contributed by atoms with E-state index in [4.69, 9.17) is 9.47 Å². The number of carbonyl (C=O) groups is 4. The van der Waals surface area contributed by atoms with E-state index in [-0.39, 0.29) is 47.9 Å². The lowest BCUT2D eigenvalue weighted by Crippen LogP contribution is -2.45. The van der Waals surface area contributed by atoms with Gasteiger partial charge in [-0.1, -0.05) is 32.4 Å². The highest BCUT2D eigenvalue weighted by Crippen LogP contribution is 2.45. The molecule has 7 atom stereocenters. The Morgan fingerprint density at radius 2 is 1.97 bits per heavy atom. The number of aliphatic hydroxyl groups excluding tert-OH is 1. The monoisotopic (exact) mass is 432 g/mol. The van der Waals surface area contributed by atoms with Gasteiger partial charge in [-0.3, -0.25) is 14.4 Å². The molecule has 1 aliphatic heterocycles.